The third-order valence-electron chi connectivity index (χ3n) is 5.76. The predicted octanol–water partition coefficient (Wildman–Crippen LogP) is 0.706. The molecule has 1 aromatic heterocycles. The Morgan fingerprint density at radius 3 is 1.81 bits per heavy atom. The van der Waals surface area contributed by atoms with Crippen molar-refractivity contribution in [2.24, 2.45) is 0 Å². The summed E-state index contributed by atoms with van der Waals surface area (Å²) in [5.41, 5.74) is 0. The normalized spacial score (nSPS) is 19.0. The van der Waals surface area contributed by atoms with E-state index in [0.717, 1.165) is 41.4 Å². The van der Waals surface area contributed by atoms with E-state index in [4.69, 9.17) is 5.11 Å². The maximum absolute atomic E-state index is 12.9. The van der Waals surface area contributed by atoms with Crippen molar-refractivity contribution >= 4 is 44.2 Å². The summed E-state index contributed by atoms with van der Waals surface area (Å²) >= 11 is 2.17. The molecular weight excluding hydrogens is 531 g/mol. The molecule has 3 heterocycles. The van der Waals surface area contributed by atoms with Crippen LogP contribution in [0, 0.1) is 3.57 Å². The van der Waals surface area contributed by atoms with Gasteiger partial charge in [0.15, 0.2) is 11.6 Å². The summed E-state index contributed by atoms with van der Waals surface area (Å²) in [4.78, 5) is 6.86. The molecule has 0 spiro atoms. The molecule has 2 saturated heterocycles. The van der Waals surface area contributed by atoms with Gasteiger partial charge in [-0.2, -0.15) is 4.31 Å². The van der Waals surface area contributed by atoms with Crippen molar-refractivity contribution in [2.45, 2.75) is 4.90 Å². The summed E-state index contributed by atoms with van der Waals surface area (Å²) < 4.78 is 28.3. The van der Waals surface area contributed by atoms with E-state index in [0.29, 0.717) is 37.6 Å². The van der Waals surface area contributed by atoms with Crippen LogP contribution in [0.1, 0.15) is 0 Å². The van der Waals surface area contributed by atoms with E-state index in [2.05, 4.69) is 47.5 Å². The van der Waals surface area contributed by atoms with Crippen LogP contribution in [0.15, 0.2) is 41.3 Å². The molecule has 2 aromatic rings. The Balaban J connectivity index is 1.33. The predicted molar refractivity (Wildman–Crippen MR) is 128 cm³/mol. The van der Waals surface area contributed by atoms with E-state index >= 15 is 0 Å². The van der Waals surface area contributed by atoms with Gasteiger partial charge in [0.25, 0.3) is 0 Å². The molecule has 0 aliphatic carbocycles. The number of hydrogen-bond acceptors (Lipinski definition) is 8. The van der Waals surface area contributed by atoms with Crippen LogP contribution in [0.4, 0.5) is 11.6 Å². The largest absolute Gasteiger partial charge is 0.395 e. The Bertz CT molecular complexity index is 957. The lowest BCUT2D eigenvalue weighted by Gasteiger charge is -2.36. The van der Waals surface area contributed by atoms with Crippen LogP contribution in [0.2, 0.25) is 0 Å². The van der Waals surface area contributed by atoms with Gasteiger partial charge in [0.2, 0.25) is 10.0 Å². The van der Waals surface area contributed by atoms with Crippen LogP contribution in [0.3, 0.4) is 0 Å². The first-order valence-electron chi connectivity index (χ1n) is 10.4. The van der Waals surface area contributed by atoms with Crippen LogP contribution >= 0.6 is 22.6 Å². The number of rotatable bonds is 6. The molecule has 0 amide bonds. The molecule has 2 aliphatic heterocycles. The van der Waals surface area contributed by atoms with Gasteiger partial charge in [-0.15, -0.1) is 10.2 Å². The summed E-state index contributed by atoms with van der Waals surface area (Å²) in [6, 6.07) is 10.9. The maximum Gasteiger partial charge on any atom is 0.243 e. The molecule has 0 radical (unpaired) electrons. The summed E-state index contributed by atoms with van der Waals surface area (Å²) in [5.74, 6) is 1.63. The first-order valence-corrected chi connectivity index (χ1v) is 12.9. The van der Waals surface area contributed by atoms with Gasteiger partial charge in [0.05, 0.1) is 11.5 Å². The van der Waals surface area contributed by atoms with Crippen molar-refractivity contribution < 1.29 is 13.5 Å². The van der Waals surface area contributed by atoms with E-state index < -0.39 is 10.0 Å². The minimum absolute atomic E-state index is 0.188. The van der Waals surface area contributed by atoms with Crippen molar-refractivity contribution in [1.82, 2.24) is 19.4 Å². The smallest absolute Gasteiger partial charge is 0.243 e. The molecule has 4 rings (SSSR count). The van der Waals surface area contributed by atoms with Gasteiger partial charge in [0, 0.05) is 62.5 Å². The van der Waals surface area contributed by atoms with Crippen LogP contribution in [0.25, 0.3) is 0 Å². The number of piperazine rings is 2. The standard InChI is InChI=1S/C20H27IN6O3S/c21-17-1-3-18(4-2-17)31(29,30)27-13-11-26(12-14-27)20-6-5-19(22-23-20)25-9-7-24(8-10-25)15-16-28/h1-6,28H,7-16H2. The topological polar surface area (TPSA) is 93.1 Å². The highest BCUT2D eigenvalue weighted by atomic mass is 127. The zero-order chi connectivity index (χ0) is 21.8. The fourth-order valence-corrected chi connectivity index (χ4v) is 5.69. The number of β-amino-alcohol motifs (C(OH)–C–C–N with tert-alkyl or cyclic N) is 1. The van der Waals surface area contributed by atoms with Crippen LogP contribution in [-0.4, -0.2) is 98.4 Å². The van der Waals surface area contributed by atoms with Crippen molar-refractivity contribution in [3.8, 4) is 0 Å². The molecule has 0 bridgehead atoms. The number of hydrogen-bond donors (Lipinski definition) is 1. The molecule has 2 fully saturated rings. The summed E-state index contributed by atoms with van der Waals surface area (Å²) in [6.45, 7) is 6.44. The fraction of sp³-hybridized carbons (Fsp3) is 0.500. The number of aliphatic hydroxyl groups excluding tert-OH is 1. The van der Waals surface area contributed by atoms with Crippen molar-refractivity contribution in [3.05, 3.63) is 40.0 Å². The number of anilines is 2. The van der Waals surface area contributed by atoms with E-state index in [1.54, 1.807) is 16.4 Å². The van der Waals surface area contributed by atoms with Gasteiger partial charge in [-0.25, -0.2) is 8.42 Å². The third-order valence-corrected chi connectivity index (χ3v) is 8.39. The number of nitrogens with zero attached hydrogens (tertiary/aromatic N) is 6. The molecule has 1 aromatic carbocycles. The third kappa shape index (κ3) is 5.28. The second-order valence-corrected chi connectivity index (χ2v) is 10.8. The number of halogens is 1. The van der Waals surface area contributed by atoms with E-state index in [1.807, 2.05) is 24.3 Å². The zero-order valence-corrected chi connectivity index (χ0v) is 20.2. The average Bonchev–Trinajstić information content (AvgIpc) is 2.80. The van der Waals surface area contributed by atoms with Gasteiger partial charge in [-0.1, -0.05) is 0 Å². The quantitative estimate of drug-likeness (QED) is 0.519. The second kappa shape index (κ2) is 9.94. The lowest BCUT2D eigenvalue weighted by atomic mass is 10.3. The summed E-state index contributed by atoms with van der Waals surface area (Å²) in [6.07, 6.45) is 0. The van der Waals surface area contributed by atoms with Crippen LogP contribution in [0.5, 0.6) is 0 Å². The lowest BCUT2D eigenvalue weighted by Crippen LogP contribution is -2.49. The zero-order valence-electron chi connectivity index (χ0n) is 17.3. The highest BCUT2D eigenvalue weighted by Gasteiger charge is 2.29. The molecule has 2 aliphatic rings. The van der Waals surface area contributed by atoms with Crippen molar-refractivity contribution in [3.63, 3.8) is 0 Å². The molecule has 0 atom stereocenters. The Morgan fingerprint density at radius 2 is 1.32 bits per heavy atom. The summed E-state index contributed by atoms with van der Waals surface area (Å²) in [7, 11) is -3.47. The SMILES string of the molecule is O=S(=O)(c1ccc(I)cc1)N1CCN(c2ccc(N3CCN(CCO)CC3)nn2)CC1. The van der Waals surface area contributed by atoms with Gasteiger partial charge < -0.3 is 14.9 Å². The summed E-state index contributed by atoms with van der Waals surface area (Å²) in [5, 5.41) is 17.9. The van der Waals surface area contributed by atoms with E-state index in [1.165, 1.54) is 0 Å². The Morgan fingerprint density at radius 1 is 0.806 bits per heavy atom. The Kier molecular flexibility index (Phi) is 7.26. The number of benzene rings is 1. The molecule has 0 unspecified atom stereocenters. The number of sulfonamides is 1. The highest BCUT2D eigenvalue weighted by Crippen LogP contribution is 2.22. The van der Waals surface area contributed by atoms with Crippen LogP contribution in [-0.2, 0) is 10.0 Å². The number of aliphatic hydroxyl groups is 1. The number of aromatic nitrogens is 2. The lowest BCUT2D eigenvalue weighted by molar-refractivity contribution is 0.188. The molecule has 168 valence electrons. The minimum atomic E-state index is -3.47. The first kappa shape index (κ1) is 22.6. The van der Waals surface area contributed by atoms with Crippen LogP contribution < -0.4 is 9.80 Å². The highest BCUT2D eigenvalue weighted by molar-refractivity contribution is 14.1. The second-order valence-electron chi connectivity index (χ2n) is 7.65. The molecular formula is C20H27IN6O3S. The maximum atomic E-state index is 12.9. The van der Waals surface area contributed by atoms with Crippen molar-refractivity contribution in [1.29, 1.82) is 0 Å². The van der Waals surface area contributed by atoms with E-state index in [-0.39, 0.29) is 6.61 Å². The average molecular weight is 558 g/mol. The molecule has 31 heavy (non-hydrogen) atoms. The van der Waals surface area contributed by atoms with Gasteiger partial charge in [-0.3, -0.25) is 4.90 Å². The first-order chi connectivity index (χ1) is 15.0. The molecule has 0 saturated carbocycles. The monoisotopic (exact) mass is 558 g/mol. The van der Waals surface area contributed by atoms with Gasteiger partial charge >= 0.3 is 0 Å². The Labute approximate surface area is 196 Å². The minimum Gasteiger partial charge on any atom is -0.395 e. The molecule has 1 N–H and O–H groups in total. The fourth-order valence-electron chi connectivity index (χ4n) is 3.91. The van der Waals surface area contributed by atoms with Crippen molar-refractivity contribution in [2.75, 3.05) is 75.3 Å². The van der Waals surface area contributed by atoms with E-state index in [9.17, 15) is 8.42 Å². The Hall–Kier alpha value is -1.54. The molecule has 9 nitrogen and oxygen atoms in total. The van der Waals surface area contributed by atoms with Gasteiger partial charge in [-0.05, 0) is 59.0 Å². The van der Waals surface area contributed by atoms with Gasteiger partial charge in [0.1, 0.15) is 0 Å². The molecule has 11 heteroatoms.